The fraction of sp³-hybridized carbons (Fsp3) is 0.600. The molecule has 0 saturated carbocycles. The summed E-state index contributed by atoms with van der Waals surface area (Å²) in [5, 5.41) is 2.01. The van der Waals surface area contributed by atoms with Gasteiger partial charge in [0.2, 0.25) is 11.8 Å². The lowest BCUT2D eigenvalue weighted by Crippen LogP contribution is -2.51. The highest BCUT2D eigenvalue weighted by Crippen LogP contribution is 2.45. The predicted molar refractivity (Wildman–Crippen MR) is 53.9 cm³/mol. The second kappa shape index (κ2) is 4.38. The van der Waals surface area contributed by atoms with E-state index in [0.717, 1.165) is 18.0 Å². The van der Waals surface area contributed by atoms with Crippen molar-refractivity contribution in [3.63, 3.8) is 0 Å². The van der Waals surface area contributed by atoms with Gasteiger partial charge in [-0.05, 0) is 12.5 Å². The Labute approximate surface area is 96.5 Å². The van der Waals surface area contributed by atoms with Gasteiger partial charge in [0, 0.05) is 20.1 Å². The van der Waals surface area contributed by atoms with E-state index in [9.17, 15) is 22.8 Å². The minimum Gasteiger partial charge on any atom is -0.358 e. The number of hydrogen-bond acceptors (Lipinski definition) is 2. The normalized spacial score (nSPS) is 24.6. The summed E-state index contributed by atoms with van der Waals surface area (Å²) in [6.45, 7) is 2.46. The van der Waals surface area contributed by atoms with Crippen LogP contribution in [0.5, 0.6) is 0 Å². The van der Waals surface area contributed by atoms with Crippen molar-refractivity contribution >= 4 is 11.8 Å². The third-order valence-electron chi connectivity index (χ3n) is 2.96. The molecule has 1 rings (SSSR count). The molecule has 1 aliphatic rings. The molecule has 96 valence electrons. The summed E-state index contributed by atoms with van der Waals surface area (Å²) in [5.74, 6) is -1.70. The highest BCUT2D eigenvalue weighted by Gasteiger charge is 2.63. The number of carbonyl (C=O) groups is 2. The molecule has 7 heteroatoms. The van der Waals surface area contributed by atoms with Gasteiger partial charge >= 0.3 is 6.18 Å². The number of hydrogen-bond donors (Lipinski definition) is 1. The Kier molecular flexibility index (Phi) is 3.49. The standard InChI is InChI=1S/C10H13F3N2O2/c1-3-7(16)15-5-4-9(6-15,8(17)14-2)10(11,12)13/h3H,1,4-6H2,2H3,(H,14,17). The average Bonchev–Trinajstić information content (AvgIpc) is 2.72. The third kappa shape index (κ3) is 2.13. The number of likely N-dealkylation sites (tertiary alicyclic amines) is 1. The van der Waals surface area contributed by atoms with Crippen molar-refractivity contribution in [2.75, 3.05) is 20.1 Å². The first-order chi connectivity index (χ1) is 7.78. The molecule has 1 aliphatic heterocycles. The Morgan fingerprint density at radius 3 is 2.47 bits per heavy atom. The zero-order valence-corrected chi connectivity index (χ0v) is 9.30. The van der Waals surface area contributed by atoms with Gasteiger partial charge < -0.3 is 10.2 Å². The molecule has 0 radical (unpaired) electrons. The first kappa shape index (κ1) is 13.5. The van der Waals surface area contributed by atoms with Crippen molar-refractivity contribution in [1.82, 2.24) is 10.2 Å². The molecule has 0 aromatic rings. The molecule has 1 saturated heterocycles. The quantitative estimate of drug-likeness (QED) is 0.733. The van der Waals surface area contributed by atoms with Crippen molar-refractivity contribution in [2.24, 2.45) is 5.41 Å². The lowest BCUT2D eigenvalue weighted by molar-refractivity contribution is -0.217. The number of nitrogens with one attached hydrogen (secondary N) is 1. The topological polar surface area (TPSA) is 49.4 Å². The molecule has 1 unspecified atom stereocenters. The van der Waals surface area contributed by atoms with Crippen molar-refractivity contribution in [3.05, 3.63) is 12.7 Å². The van der Waals surface area contributed by atoms with E-state index in [-0.39, 0.29) is 6.54 Å². The van der Waals surface area contributed by atoms with Gasteiger partial charge in [0.15, 0.2) is 5.41 Å². The van der Waals surface area contributed by atoms with E-state index in [2.05, 4.69) is 6.58 Å². The van der Waals surface area contributed by atoms with Crippen LogP contribution in [0, 0.1) is 5.41 Å². The largest absolute Gasteiger partial charge is 0.404 e. The predicted octanol–water partition coefficient (Wildman–Crippen LogP) is 0.699. The zero-order valence-electron chi connectivity index (χ0n) is 9.30. The van der Waals surface area contributed by atoms with Crippen LogP contribution in [0.4, 0.5) is 13.2 Å². The SMILES string of the molecule is C=CC(=O)N1CCC(C(=O)NC)(C(F)(F)F)C1. The lowest BCUT2D eigenvalue weighted by Gasteiger charge is -2.29. The summed E-state index contributed by atoms with van der Waals surface area (Å²) in [5.41, 5.74) is -2.50. The van der Waals surface area contributed by atoms with Gasteiger partial charge in [-0.3, -0.25) is 9.59 Å². The van der Waals surface area contributed by atoms with Crippen molar-refractivity contribution in [3.8, 4) is 0 Å². The van der Waals surface area contributed by atoms with Crippen LogP contribution in [0.3, 0.4) is 0 Å². The van der Waals surface area contributed by atoms with Gasteiger partial charge in [-0.2, -0.15) is 13.2 Å². The summed E-state index contributed by atoms with van der Waals surface area (Å²) in [6, 6.07) is 0. The average molecular weight is 250 g/mol. The smallest absolute Gasteiger partial charge is 0.358 e. The molecule has 2 amide bonds. The molecule has 0 bridgehead atoms. The first-order valence-electron chi connectivity index (χ1n) is 4.99. The van der Waals surface area contributed by atoms with E-state index < -0.39 is 36.4 Å². The summed E-state index contributed by atoms with van der Waals surface area (Å²) in [6.07, 6.45) is -4.16. The molecule has 0 aromatic heterocycles. The van der Waals surface area contributed by atoms with Crippen LogP contribution < -0.4 is 5.32 Å². The van der Waals surface area contributed by atoms with Crippen molar-refractivity contribution in [2.45, 2.75) is 12.6 Å². The van der Waals surface area contributed by atoms with E-state index in [0.29, 0.717) is 0 Å². The fourth-order valence-corrected chi connectivity index (χ4v) is 1.91. The first-order valence-corrected chi connectivity index (χ1v) is 4.99. The summed E-state index contributed by atoms with van der Waals surface area (Å²) in [4.78, 5) is 23.7. The van der Waals surface area contributed by atoms with Gasteiger partial charge in [-0.15, -0.1) is 0 Å². The monoisotopic (exact) mass is 250 g/mol. The zero-order chi connectivity index (χ0) is 13.3. The van der Waals surface area contributed by atoms with Crippen LogP contribution >= 0.6 is 0 Å². The van der Waals surface area contributed by atoms with Gasteiger partial charge in [0.05, 0.1) is 0 Å². The Bertz CT molecular complexity index is 354. The molecule has 17 heavy (non-hydrogen) atoms. The maximum atomic E-state index is 13.0. The molecule has 1 fully saturated rings. The number of rotatable bonds is 2. The van der Waals surface area contributed by atoms with Crippen LogP contribution in [0.1, 0.15) is 6.42 Å². The second-order valence-electron chi connectivity index (χ2n) is 3.87. The number of alkyl halides is 3. The molecule has 0 spiro atoms. The van der Waals surface area contributed by atoms with Gasteiger partial charge in [-0.1, -0.05) is 6.58 Å². The Morgan fingerprint density at radius 1 is 1.47 bits per heavy atom. The summed E-state index contributed by atoms with van der Waals surface area (Å²) >= 11 is 0. The fourth-order valence-electron chi connectivity index (χ4n) is 1.91. The maximum absolute atomic E-state index is 13.0. The molecule has 0 aromatic carbocycles. The summed E-state index contributed by atoms with van der Waals surface area (Å²) < 4.78 is 38.9. The van der Waals surface area contributed by atoms with Crippen molar-refractivity contribution in [1.29, 1.82) is 0 Å². The molecule has 1 atom stereocenters. The number of nitrogens with zero attached hydrogens (tertiary/aromatic N) is 1. The van der Waals surface area contributed by atoms with E-state index in [1.54, 1.807) is 0 Å². The minimum atomic E-state index is -4.68. The van der Waals surface area contributed by atoms with Gasteiger partial charge in [0.1, 0.15) is 0 Å². The van der Waals surface area contributed by atoms with E-state index in [1.807, 2.05) is 5.32 Å². The maximum Gasteiger partial charge on any atom is 0.404 e. The highest BCUT2D eigenvalue weighted by atomic mass is 19.4. The second-order valence-corrected chi connectivity index (χ2v) is 3.87. The third-order valence-corrected chi connectivity index (χ3v) is 2.96. The van der Waals surface area contributed by atoms with Crippen LogP contribution in [0.2, 0.25) is 0 Å². The molecule has 0 aliphatic carbocycles. The van der Waals surface area contributed by atoms with E-state index >= 15 is 0 Å². The molecule has 1 heterocycles. The Hall–Kier alpha value is -1.53. The van der Waals surface area contributed by atoms with Crippen LogP contribution in [-0.4, -0.2) is 43.0 Å². The number of amides is 2. The van der Waals surface area contributed by atoms with Crippen molar-refractivity contribution < 1.29 is 22.8 Å². The summed E-state index contributed by atoms with van der Waals surface area (Å²) in [7, 11) is 1.15. The number of halogens is 3. The molecule has 4 nitrogen and oxygen atoms in total. The van der Waals surface area contributed by atoms with Gasteiger partial charge in [0.25, 0.3) is 0 Å². The lowest BCUT2D eigenvalue weighted by atomic mass is 9.85. The van der Waals surface area contributed by atoms with E-state index in [4.69, 9.17) is 0 Å². The number of carbonyl (C=O) groups excluding carboxylic acids is 2. The molecular weight excluding hydrogens is 237 g/mol. The van der Waals surface area contributed by atoms with E-state index in [1.165, 1.54) is 0 Å². The molecular formula is C10H13F3N2O2. The Morgan fingerprint density at radius 2 is 2.06 bits per heavy atom. The van der Waals surface area contributed by atoms with Crippen LogP contribution in [0.15, 0.2) is 12.7 Å². The molecule has 1 N–H and O–H groups in total. The minimum absolute atomic E-state index is 0.0994. The van der Waals surface area contributed by atoms with Crippen LogP contribution in [-0.2, 0) is 9.59 Å². The Balaban J connectivity index is 3.02. The van der Waals surface area contributed by atoms with Gasteiger partial charge in [-0.25, -0.2) is 0 Å². The van der Waals surface area contributed by atoms with Crippen LogP contribution in [0.25, 0.3) is 0 Å². The highest BCUT2D eigenvalue weighted by molar-refractivity contribution is 5.90.